The summed E-state index contributed by atoms with van der Waals surface area (Å²) >= 11 is 1.22. The summed E-state index contributed by atoms with van der Waals surface area (Å²) in [5, 5.41) is 0. The van der Waals surface area contributed by atoms with Gasteiger partial charge in [0.15, 0.2) is 0 Å². The van der Waals surface area contributed by atoms with Gasteiger partial charge in [0.05, 0.1) is 17.8 Å². The molecule has 22 heavy (non-hydrogen) atoms. The van der Waals surface area contributed by atoms with Gasteiger partial charge in [-0.05, 0) is 44.1 Å². The molecular weight excluding hydrogens is 296 g/mol. The van der Waals surface area contributed by atoms with Crippen molar-refractivity contribution in [2.24, 2.45) is 0 Å². The van der Waals surface area contributed by atoms with E-state index < -0.39 is 0 Å². The third kappa shape index (κ3) is 3.28. The number of fused-ring (bicyclic) bond motifs is 1. The Morgan fingerprint density at radius 1 is 1.32 bits per heavy atom. The fourth-order valence-electron chi connectivity index (χ4n) is 3.10. The zero-order chi connectivity index (χ0) is 15.5. The summed E-state index contributed by atoms with van der Waals surface area (Å²) in [7, 11) is 3.96. The van der Waals surface area contributed by atoms with Crippen molar-refractivity contribution in [2.45, 2.75) is 38.3 Å². The second kappa shape index (κ2) is 6.71. The molecule has 1 amide bonds. The maximum absolute atomic E-state index is 12.7. The largest absolute Gasteiger partial charge is 0.340 e. The van der Waals surface area contributed by atoms with Crippen molar-refractivity contribution in [3.8, 4) is 0 Å². The quantitative estimate of drug-likeness (QED) is 0.872. The number of aromatic nitrogens is 2. The molecule has 0 saturated carbocycles. The summed E-state index contributed by atoms with van der Waals surface area (Å²) in [6.07, 6.45) is 4.53. The second-order valence-corrected chi connectivity index (χ2v) is 6.66. The fourth-order valence-corrected chi connectivity index (χ4v) is 3.61. The van der Waals surface area contributed by atoms with Gasteiger partial charge in [0, 0.05) is 13.6 Å². The van der Waals surface area contributed by atoms with Crippen LogP contribution in [0.4, 0.5) is 0 Å². The topological polar surface area (TPSA) is 49.3 Å². The first-order valence-electron chi connectivity index (χ1n) is 7.81. The van der Waals surface area contributed by atoms with Crippen LogP contribution in [-0.4, -0.2) is 51.1 Å². The van der Waals surface area contributed by atoms with Crippen molar-refractivity contribution in [1.29, 1.82) is 0 Å². The third-order valence-electron chi connectivity index (χ3n) is 4.42. The standard InChI is InChI=1S/C16H22N4OS/c1-19-9-5-3-4-6-15(19)16(21)20(2)11-12-7-8-13-14(10-12)18-22-17-13/h7-8,10,15H,3-6,9,11H2,1-2H3/t15-/m1/s1. The molecule has 2 aromatic rings. The molecule has 1 atom stereocenters. The highest BCUT2D eigenvalue weighted by molar-refractivity contribution is 7.00. The lowest BCUT2D eigenvalue weighted by atomic mass is 10.1. The van der Waals surface area contributed by atoms with Crippen LogP contribution in [0.5, 0.6) is 0 Å². The summed E-state index contributed by atoms with van der Waals surface area (Å²) in [5.74, 6) is 0.223. The molecule has 0 unspecified atom stereocenters. The number of carbonyl (C=O) groups excluding carboxylic acids is 1. The molecule has 0 spiro atoms. The van der Waals surface area contributed by atoms with E-state index >= 15 is 0 Å². The van der Waals surface area contributed by atoms with Crippen LogP contribution in [0.1, 0.15) is 31.2 Å². The Bertz CT molecular complexity index is 656. The molecule has 1 aliphatic heterocycles. The molecular formula is C16H22N4OS. The summed E-state index contributed by atoms with van der Waals surface area (Å²) in [6, 6.07) is 6.06. The zero-order valence-electron chi connectivity index (χ0n) is 13.2. The number of amides is 1. The van der Waals surface area contributed by atoms with E-state index in [9.17, 15) is 4.79 Å². The van der Waals surface area contributed by atoms with Gasteiger partial charge in [-0.15, -0.1) is 0 Å². The number of likely N-dealkylation sites (N-methyl/N-ethyl adjacent to an activating group) is 2. The molecule has 0 aliphatic carbocycles. The highest BCUT2D eigenvalue weighted by atomic mass is 32.1. The number of nitrogens with zero attached hydrogens (tertiary/aromatic N) is 4. The second-order valence-electron chi connectivity index (χ2n) is 6.13. The van der Waals surface area contributed by atoms with E-state index in [1.165, 1.54) is 24.6 Å². The molecule has 1 aromatic heterocycles. The van der Waals surface area contributed by atoms with E-state index in [2.05, 4.69) is 20.7 Å². The summed E-state index contributed by atoms with van der Waals surface area (Å²) in [4.78, 5) is 16.8. The van der Waals surface area contributed by atoms with Gasteiger partial charge < -0.3 is 4.90 Å². The van der Waals surface area contributed by atoms with Crippen LogP contribution in [0, 0.1) is 0 Å². The molecule has 0 radical (unpaired) electrons. The van der Waals surface area contributed by atoms with Crippen LogP contribution in [0.25, 0.3) is 11.0 Å². The van der Waals surface area contributed by atoms with Crippen molar-refractivity contribution >= 4 is 28.7 Å². The fraction of sp³-hybridized carbons (Fsp3) is 0.562. The Hall–Kier alpha value is -1.53. The number of benzene rings is 1. The lowest BCUT2D eigenvalue weighted by Gasteiger charge is -2.29. The number of hydrogen-bond donors (Lipinski definition) is 0. The van der Waals surface area contributed by atoms with Gasteiger partial charge in [-0.3, -0.25) is 9.69 Å². The molecule has 0 N–H and O–H groups in total. The van der Waals surface area contributed by atoms with E-state index in [4.69, 9.17) is 0 Å². The Kier molecular flexibility index (Phi) is 4.69. The van der Waals surface area contributed by atoms with Crippen molar-refractivity contribution in [3.63, 3.8) is 0 Å². The average Bonchev–Trinajstić information content (AvgIpc) is 2.87. The number of rotatable bonds is 3. The summed E-state index contributed by atoms with van der Waals surface area (Å²) in [5.41, 5.74) is 2.94. The minimum atomic E-state index is 0.0252. The molecule has 6 heteroatoms. The smallest absolute Gasteiger partial charge is 0.239 e. The Labute approximate surface area is 135 Å². The molecule has 1 aromatic carbocycles. The monoisotopic (exact) mass is 318 g/mol. The maximum Gasteiger partial charge on any atom is 0.239 e. The predicted octanol–water partition coefficient (Wildman–Crippen LogP) is 2.52. The van der Waals surface area contributed by atoms with Gasteiger partial charge in [0.2, 0.25) is 5.91 Å². The van der Waals surface area contributed by atoms with E-state index in [0.717, 1.165) is 36.0 Å². The van der Waals surface area contributed by atoms with Crippen LogP contribution in [0.2, 0.25) is 0 Å². The number of carbonyl (C=O) groups is 1. The van der Waals surface area contributed by atoms with Crippen molar-refractivity contribution < 1.29 is 4.79 Å². The SMILES string of the molecule is CN(Cc1ccc2nsnc2c1)C(=O)[C@H]1CCCCCN1C. The minimum Gasteiger partial charge on any atom is -0.340 e. The predicted molar refractivity (Wildman–Crippen MR) is 88.8 cm³/mol. The molecule has 3 rings (SSSR count). The molecule has 1 aliphatic rings. The molecule has 118 valence electrons. The van der Waals surface area contributed by atoms with E-state index in [1.54, 1.807) is 0 Å². The third-order valence-corrected chi connectivity index (χ3v) is 4.98. The molecule has 0 bridgehead atoms. The van der Waals surface area contributed by atoms with E-state index in [0.29, 0.717) is 6.54 Å². The summed E-state index contributed by atoms with van der Waals surface area (Å²) in [6.45, 7) is 1.64. The van der Waals surface area contributed by atoms with Crippen molar-refractivity contribution in [3.05, 3.63) is 23.8 Å². The van der Waals surface area contributed by atoms with Gasteiger partial charge in [-0.2, -0.15) is 8.75 Å². The Morgan fingerprint density at radius 3 is 3.00 bits per heavy atom. The van der Waals surface area contributed by atoms with Crippen molar-refractivity contribution in [2.75, 3.05) is 20.6 Å². The van der Waals surface area contributed by atoms with Gasteiger partial charge >= 0.3 is 0 Å². The van der Waals surface area contributed by atoms with Crippen LogP contribution in [0.3, 0.4) is 0 Å². The summed E-state index contributed by atoms with van der Waals surface area (Å²) < 4.78 is 8.48. The highest BCUT2D eigenvalue weighted by Crippen LogP contribution is 2.19. The number of hydrogen-bond acceptors (Lipinski definition) is 5. The minimum absolute atomic E-state index is 0.0252. The van der Waals surface area contributed by atoms with Gasteiger partial charge in [0.25, 0.3) is 0 Å². The molecule has 2 heterocycles. The van der Waals surface area contributed by atoms with Gasteiger partial charge in [0.1, 0.15) is 11.0 Å². The van der Waals surface area contributed by atoms with Crippen LogP contribution in [-0.2, 0) is 11.3 Å². The molecule has 1 saturated heterocycles. The molecule has 1 fully saturated rings. The lowest BCUT2D eigenvalue weighted by Crippen LogP contribution is -2.45. The van der Waals surface area contributed by atoms with E-state index in [1.807, 2.05) is 30.1 Å². The van der Waals surface area contributed by atoms with Gasteiger partial charge in [-0.1, -0.05) is 18.9 Å². The molecule has 5 nitrogen and oxygen atoms in total. The highest BCUT2D eigenvalue weighted by Gasteiger charge is 2.27. The Morgan fingerprint density at radius 2 is 2.14 bits per heavy atom. The van der Waals surface area contributed by atoms with Crippen LogP contribution >= 0.6 is 11.7 Å². The maximum atomic E-state index is 12.7. The first-order chi connectivity index (χ1) is 10.6. The lowest BCUT2D eigenvalue weighted by molar-refractivity contribution is -0.135. The number of likely N-dealkylation sites (tertiary alicyclic amines) is 1. The van der Waals surface area contributed by atoms with Gasteiger partial charge in [-0.25, -0.2) is 0 Å². The van der Waals surface area contributed by atoms with Crippen molar-refractivity contribution in [1.82, 2.24) is 18.5 Å². The van der Waals surface area contributed by atoms with Crippen LogP contribution in [0.15, 0.2) is 18.2 Å². The van der Waals surface area contributed by atoms with E-state index in [-0.39, 0.29) is 11.9 Å². The normalized spacial score (nSPS) is 20.0. The Balaban J connectivity index is 1.69. The van der Waals surface area contributed by atoms with Crippen LogP contribution < -0.4 is 0 Å². The average molecular weight is 318 g/mol. The first kappa shape index (κ1) is 15.4. The zero-order valence-corrected chi connectivity index (χ0v) is 14.0. The first-order valence-corrected chi connectivity index (χ1v) is 8.54.